The lowest BCUT2D eigenvalue weighted by atomic mass is 9.89. The van der Waals surface area contributed by atoms with Crippen LogP contribution in [0.2, 0.25) is 0 Å². The molecule has 2 aromatic carbocycles. The van der Waals surface area contributed by atoms with Gasteiger partial charge in [0.15, 0.2) is 0 Å². The molecule has 0 radical (unpaired) electrons. The fourth-order valence-electron chi connectivity index (χ4n) is 3.29. The van der Waals surface area contributed by atoms with Crippen LogP contribution in [-0.2, 0) is 9.59 Å². The molecule has 5 nitrogen and oxygen atoms in total. The molecule has 1 heterocycles. The number of carbonyl (C=O) groups is 2. The molecule has 25 heavy (non-hydrogen) atoms. The largest absolute Gasteiger partial charge is 0.496 e. The van der Waals surface area contributed by atoms with Crippen molar-refractivity contribution in [1.82, 2.24) is 4.90 Å². The number of nitrogens with one attached hydrogen (secondary N) is 1. The second-order valence-electron chi connectivity index (χ2n) is 6.26. The van der Waals surface area contributed by atoms with Gasteiger partial charge >= 0.3 is 0 Å². The highest BCUT2D eigenvalue weighted by molar-refractivity contribution is 6.01. The zero-order chi connectivity index (χ0) is 18.0. The maximum absolute atomic E-state index is 13.1. The summed E-state index contributed by atoms with van der Waals surface area (Å²) in [5, 5.41) is 2.83. The number of ether oxygens (including phenoxy) is 1. The second-order valence-corrected chi connectivity index (χ2v) is 6.26. The van der Waals surface area contributed by atoms with E-state index in [-0.39, 0.29) is 24.3 Å². The maximum atomic E-state index is 13.1. The summed E-state index contributed by atoms with van der Waals surface area (Å²) in [6.07, 6.45) is 0.166. The molecule has 0 aromatic heterocycles. The van der Waals surface area contributed by atoms with E-state index in [9.17, 15) is 9.59 Å². The molecule has 5 heteroatoms. The molecule has 0 spiro atoms. The number of hydrogen-bond acceptors (Lipinski definition) is 3. The van der Waals surface area contributed by atoms with E-state index in [0.29, 0.717) is 0 Å². The van der Waals surface area contributed by atoms with Crippen LogP contribution in [0.5, 0.6) is 5.75 Å². The van der Waals surface area contributed by atoms with E-state index in [1.165, 1.54) is 0 Å². The van der Waals surface area contributed by atoms with Gasteiger partial charge in [-0.2, -0.15) is 0 Å². The topological polar surface area (TPSA) is 58.6 Å². The van der Waals surface area contributed by atoms with Crippen LogP contribution in [0.25, 0.3) is 0 Å². The summed E-state index contributed by atoms with van der Waals surface area (Å²) in [5.74, 6) is 0.0830. The van der Waals surface area contributed by atoms with Gasteiger partial charge in [0.1, 0.15) is 5.75 Å². The summed E-state index contributed by atoms with van der Waals surface area (Å²) in [6.45, 7) is 1.96. The molecular formula is C20H22N2O3. The molecule has 0 fully saturated rings. The van der Waals surface area contributed by atoms with Crippen molar-refractivity contribution in [1.29, 1.82) is 0 Å². The van der Waals surface area contributed by atoms with Gasteiger partial charge in [0.25, 0.3) is 0 Å². The van der Waals surface area contributed by atoms with Crippen molar-refractivity contribution in [3.63, 3.8) is 0 Å². The minimum atomic E-state index is -0.466. The lowest BCUT2D eigenvalue weighted by Gasteiger charge is -2.32. The number of carbonyl (C=O) groups excluding carboxylic acids is 2. The number of benzene rings is 2. The third-order valence-electron chi connectivity index (χ3n) is 4.82. The highest BCUT2D eigenvalue weighted by Crippen LogP contribution is 2.36. The Morgan fingerprint density at radius 1 is 1.20 bits per heavy atom. The molecule has 1 aliphatic heterocycles. The SMILES string of the molecule is COc1ccccc1C(C)N(C)C(=O)C1CC(=O)Nc2ccccc21. The number of hydrogen-bond donors (Lipinski definition) is 1. The summed E-state index contributed by atoms with van der Waals surface area (Å²) < 4.78 is 5.41. The van der Waals surface area contributed by atoms with Gasteiger partial charge in [0.2, 0.25) is 11.8 Å². The number of rotatable bonds is 4. The zero-order valence-electron chi connectivity index (χ0n) is 14.7. The summed E-state index contributed by atoms with van der Waals surface area (Å²) in [4.78, 5) is 26.8. The molecule has 3 rings (SSSR count). The van der Waals surface area contributed by atoms with Crippen LogP contribution < -0.4 is 10.1 Å². The van der Waals surface area contributed by atoms with E-state index < -0.39 is 5.92 Å². The van der Waals surface area contributed by atoms with Crippen LogP contribution >= 0.6 is 0 Å². The van der Waals surface area contributed by atoms with Crippen molar-refractivity contribution in [3.8, 4) is 5.75 Å². The van der Waals surface area contributed by atoms with Crippen LogP contribution in [0.1, 0.15) is 36.4 Å². The van der Waals surface area contributed by atoms with E-state index >= 15 is 0 Å². The summed E-state index contributed by atoms with van der Waals surface area (Å²) in [6, 6.07) is 15.0. The first-order valence-electron chi connectivity index (χ1n) is 8.31. The number of likely N-dealkylation sites (N-methyl/N-ethyl adjacent to an activating group) is 1. The number of nitrogens with zero attached hydrogens (tertiary/aromatic N) is 1. The molecule has 2 unspecified atom stereocenters. The van der Waals surface area contributed by atoms with Gasteiger partial charge in [-0.1, -0.05) is 36.4 Å². The van der Waals surface area contributed by atoms with E-state index in [0.717, 1.165) is 22.6 Å². The minimum absolute atomic E-state index is 0.0688. The fraction of sp³-hybridized carbons (Fsp3) is 0.300. The van der Waals surface area contributed by atoms with Gasteiger partial charge in [-0.25, -0.2) is 0 Å². The van der Waals surface area contributed by atoms with Crippen LogP contribution in [-0.4, -0.2) is 30.9 Å². The highest BCUT2D eigenvalue weighted by atomic mass is 16.5. The van der Waals surface area contributed by atoms with Crippen LogP contribution in [0.3, 0.4) is 0 Å². The van der Waals surface area contributed by atoms with E-state index in [1.807, 2.05) is 55.5 Å². The van der Waals surface area contributed by atoms with Crippen LogP contribution in [0, 0.1) is 0 Å². The van der Waals surface area contributed by atoms with Crippen molar-refractivity contribution >= 4 is 17.5 Å². The van der Waals surface area contributed by atoms with E-state index in [1.54, 1.807) is 19.1 Å². The van der Waals surface area contributed by atoms with Crippen molar-refractivity contribution in [2.24, 2.45) is 0 Å². The van der Waals surface area contributed by atoms with E-state index in [4.69, 9.17) is 4.74 Å². The quantitative estimate of drug-likeness (QED) is 0.930. The average Bonchev–Trinajstić information content (AvgIpc) is 2.65. The van der Waals surface area contributed by atoms with Gasteiger partial charge in [0.05, 0.1) is 19.1 Å². The predicted molar refractivity (Wildman–Crippen MR) is 96.6 cm³/mol. The molecular weight excluding hydrogens is 316 g/mol. The van der Waals surface area contributed by atoms with Crippen LogP contribution in [0.4, 0.5) is 5.69 Å². The molecule has 2 aromatic rings. The molecule has 2 atom stereocenters. The Balaban J connectivity index is 1.89. The summed E-state index contributed by atoms with van der Waals surface area (Å²) in [5.41, 5.74) is 2.52. The molecule has 0 aliphatic carbocycles. The van der Waals surface area contributed by atoms with Crippen molar-refractivity contribution in [3.05, 3.63) is 59.7 Å². The first-order valence-corrected chi connectivity index (χ1v) is 8.31. The molecule has 2 amide bonds. The monoisotopic (exact) mass is 338 g/mol. The number of anilines is 1. The Morgan fingerprint density at radius 2 is 1.88 bits per heavy atom. The predicted octanol–water partition coefficient (Wildman–Crippen LogP) is 3.34. The number of amides is 2. The summed E-state index contributed by atoms with van der Waals surface area (Å²) in [7, 11) is 3.39. The van der Waals surface area contributed by atoms with E-state index in [2.05, 4.69) is 5.32 Å². The van der Waals surface area contributed by atoms with Crippen molar-refractivity contribution in [2.75, 3.05) is 19.5 Å². The van der Waals surface area contributed by atoms with Gasteiger partial charge in [-0.3, -0.25) is 9.59 Å². The lowest BCUT2D eigenvalue weighted by Crippen LogP contribution is -2.37. The first-order chi connectivity index (χ1) is 12.0. The minimum Gasteiger partial charge on any atom is -0.496 e. The van der Waals surface area contributed by atoms with Gasteiger partial charge in [-0.05, 0) is 24.6 Å². The maximum Gasteiger partial charge on any atom is 0.230 e. The molecule has 0 saturated heterocycles. The van der Waals surface area contributed by atoms with Gasteiger partial charge in [0, 0.05) is 24.7 Å². The van der Waals surface area contributed by atoms with Crippen molar-refractivity contribution < 1.29 is 14.3 Å². The highest BCUT2D eigenvalue weighted by Gasteiger charge is 2.34. The molecule has 1 N–H and O–H groups in total. The second kappa shape index (κ2) is 6.97. The van der Waals surface area contributed by atoms with Crippen LogP contribution in [0.15, 0.2) is 48.5 Å². The number of para-hydroxylation sites is 2. The standard InChI is InChI=1S/C20H22N2O3/c1-13(14-8-5-7-11-18(14)25-3)22(2)20(24)16-12-19(23)21-17-10-6-4-9-15(16)17/h4-11,13,16H,12H2,1-3H3,(H,21,23). The molecule has 0 bridgehead atoms. The van der Waals surface area contributed by atoms with Gasteiger partial charge < -0.3 is 15.0 Å². The Labute approximate surface area is 147 Å². The van der Waals surface area contributed by atoms with Crippen molar-refractivity contribution in [2.45, 2.75) is 25.3 Å². The summed E-state index contributed by atoms with van der Waals surface area (Å²) >= 11 is 0. The Kier molecular flexibility index (Phi) is 4.74. The first kappa shape index (κ1) is 17.0. The zero-order valence-corrected chi connectivity index (χ0v) is 14.7. The third-order valence-corrected chi connectivity index (χ3v) is 4.82. The Bertz CT molecular complexity index is 803. The molecule has 1 aliphatic rings. The normalized spacial score (nSPS) is 17.2. The molecule has 130 valence electrons. The molecule has 0 saturated carbocycles. The Morgan fingerprint density at radius 3 is 2.64 bits per heavy atom. The smallest absolute Gasteiger partial charge is 0.230 e. The number of fused-ring (bicyclic) bond motifs is 1. The Hall–Kier alpha value is -2.82. The average molecular weight is 338 g/mol. The number of methoxy groups -OCH3 is 1. The van der Waals surface area contributed by atoms with Gasteiger partial charge in [-0.15, -0.1) is 0 Å². The third kappa shape index (κ3) is 3.22. The fourth-order valence-corrected chi connectivity index (χ4v) is 3.29. The lowest BCUT2D eigenvalue weighted by molar-refractivity contribution is -0.135.